The van der Waals surface area contributed by atoms with Crippen LogP contribution >= 0.6 is 0 Å². The number of hydrogen-bond acceptors (Lipinski definition) is 1. The van der Waals surface area contributed by atoms with E-state index >= 15 is 0 Å². The third kappa shape index (κ3) is 4.91. The molecule has 0 amide bonds. The molecular weight excluding hydrogens is 208 g/mol. The van der Waals surface area contributed by atoms with Crippen molar-refractivity contribution in [1.29, 1.82) is 0 Å². The summed E-state index contributed by atoms with van der Waals surface area (Å²) >= 11 is 0. The summed E-state index contributed by atoms with van der Waals surface area (Å²) in [6.07, 6.45) is 2.19. The van der Waals surface area contributed by atoms with Crippen molar-refractivity contribution in [3.8, 4) is 0 Å². The van der Waals surface area contributed by atoms with Crippen molar-refractivity contribution in [2.75, 3.05) is 6.61 Å². The Kier molecular flexibility index (Phi) is 5.70. The van der Waals surface area contributed by atoms with Crippen molar-refractivity contribution in [1.82, 2.24) is 0 Å². The molecule has 0 spiro atoms. The van der Waals surface area contributed by atoms with Crippen molar-refractivity contribution in [3.63, 3.8) is 0 Å². The Balaban J connectivity index is 2.70. The molecule has 1 nitrogen and oxygen atoms in total. The Morgan fingerprint density at radius 1 is 0.941 bits per heavy atom. The largest absolute Gasteiger partial charge is 0.396 e. The van der Waals surface area contributed by atoms with Crippen LogP contribution in [-0.4, -0.2) is 11.7 Å². The van der Waals surface area contributed by atoms with Gasteiger partial charge in [-0.25, -0.2) is 0 Å². The van der Waals surface area contributed by atoms with Crippen molar-refractivity contribution < 1.29 is 5.11 Å². The Morgan fingerprint density at radius 3 is 1.94 bits per heavy atom. The Morgan fingerprint density at radius 2 is 1.53 bits per heavy atom. The quantitative estimate of drug-likeness (QED) is 0.788. The van der Waals surface area contributed by atoms with Crippen LogP contribution in [0.4, 0.5) is 0 Å². The monoisotopic (exact) mass is 234 g/mol. The maximum Gasteiger partial charge on any atom is 0.0499 e. The van der Waals surface area contributed by atoms with Crippen LogP contribution in [0, 0.1) is 11.8 Å². The summed E-state index contributed by atoms with van der Waals surface area (Å²) in [6.45, 7) is 9.14. The number of hydrogen-bond donors (Lipinski definition) is 1. The lowest BCUT2D eigenvalue weighted by atomic mass is 9.90. The number of aliphatic hydroxyl groups excluding tert-OH is 1. The Hall–Kier alpha value is -0.820. The van der Waals surface area contributed by atoms with Crippen LogP contribution in [0.5, 0.6) is 0 Å². The van der Waals surface area contributed by atoms with Crippen molar-refractivity contribution in [2.24, 2.45) is 11.8 Å². The Bertz CT molecular complexity index is 311. The second-order valence-electron chi connectivity index (χ2n) is 5.85. The molecule has 0 fully saturated rings. The van der Waals surface area contributed by atoms with Gasteiger partial charge >= 0.3 is 0 Å². The number of benzene rings is 1. The molecule has 1 N–H and O–H groups in total. The molecule has 0 aliphatic heterocycles. The number of rotatable bonds is 6. The molecule has 1 aromatic carbocycles. The molecule has 0 saturated carbocycles. The van der Waals surface area contributed by atoms with Gasteiger partial charge in [0.1, 0.15) is 0 Å². The van der Waals surface area contributed by atoms with E-state index in [9.17, 15) is 5.11 Å². The summed E-state index contributed by atoms with van der Waals surface area (Å²) in [4.78, 5) is 0. The molecule has 96 valence electrons. The molecule has 0 aliphatic carbocycles. The second-order valence-corrected chi connectivity index (χ2v) is 5.85. The van der Waals surface area contributed by atoms with Gasteiger partial charge in [0.05, 0.1) is 0 Å². The summed E-state index contributed by atoms with van der Waals surface area (Å²) < 4.78 is 0. The third-order valence-electron chi connectivity index (χ3n) is 3.07. The van der Waals surface area contributed by atoms with E-state index < -0.39 is 0 Å². The zero-order valence-corrected chi connectivity index (χ0v) is 11.6. The van der Waals surface area contributed by atoms with E-state index in [2.05, 4.69) is 52.0 Å². The summed E-state index contributed by atoms with van der Waals surface area (Å²) in [7, 11) is 0. The molecule has 0 heterocycles. The van der Waals surface area contributed by atoms with Crippen LogP contribution in [0.25, 0.3) is 0 Å². The molecule has 1 aromatic rings. The van der Waals surface area contributed by atoms with Gasteiger partial charge in [-0.05, 0) is 35.8 Å². The topological polar surface area (TPSA) is 20.2 Å². The fourth-order valence-corrected chi connectivity index (χ4v) is 2.28. The third-order valence-corrected chi connectivity index (χ3v) is 3.07. The van der Waals surface area contributed by atoms with E-state index in [-0.39, 0.29) is 6.61 Å². The predicted octanol–water partition coefficient (Wildman–Crippen LogP) is 4.01. The van der Waals surface area contributed by atoms with Gasteiger partial charge in [-0.3, -0.25) is 0 Å². The van der Waals surface area contributed by atoms with Gasteiger partial charge in [0, 0.05) is 12.5 Å². The van der Waals surface area contributed by atoms with Gasteiger partial charge in [-0.15, -0.1) is 0 Å². The van der Waals surface area contributed by atoms with Gasteiger partial charge in [-0.1, -0.05) is 52.0 Å². The zero-order valence-electron chi connectivity index (χ0n) is 11.6. The van der Waals surface area contributed by atoms with Crippen molar-refractivity contribution in [3.05, 3.63) is 35.4 Å². The minimum absolute atomic E-state index is 0.252. The molecule has 0 aromatic heterocycles. The summed E-state index contributed by atoms with van der Waals surface area (Å²) in [5.74, 6) is 1.62. The molecule has 0 saturated heterocycles. The maximum absolute atomic E-state index is 9.44. The van der Waals surface area contributed by atoms with Gasteiger partial charge in [0.15, 0.2) is 0 Å². The molecule has 1 unspecified atom stereocenters. The van der Waals surface area contributed by atoms with Gasteiger partial charge in [0.2, 0.25) is 0 Å². The lowest BCUT2D eigenvalue weighted by Crippen LogP contribution is -2.07. The van der Waals surface area contributed by atoms with Crippen molar-refractivity contribution >= 4 is 0 Å². The van der Waals surface area contributed by atoms with E-state index in [1.165, 1.54) is 11.1 Å². The SMILES string of the molecule is CC(C)Cc1ccc(C(CO)CC(C)C)cc1. The molecule has 1 heteroatoms. The van der Waals surface area contributed by atoms with Crippen LogP contribution in [0.1, 0.15) is 51.2 Å². The summed E-state index contributed by atoms with van der Waals surface area (Å²) in [5, 5.41) is 9.44. The number of aliphatic hydroxyl groups is 1. The average molecular weight is 234 g/mol. The highest BCUT2D eigenvalue weighted by molar-refractivity contribution is 5.25. The zero-order chi connectivity index (χ0) is 12.8. The standard InChI is InChI=1S/C16H26O/c1-12(2)9-14-5-7-15(8-6-14)16(11-17)10-13(3)4/h5-8,12-13,16-17H,9-11H2,1-4H3. The first-order valence-electron chi connectivity index (χ1n) is 6.72. The average Bonchev–Trinajstić information content (AvgIpc) is 2.26. The predicted molar refractivity (Wildman–Crippen MR) is 74.3 cm³/mol. The van der Waals surface area contributed by atoms with E-state index in [0.717, 1.165) is 12.8 Å². The molecule has 0 aliphatic rings. The fraction of sp³-hybridized carbons (Fsp3) is 0.625. The highest BCUT2D eigenvalue weighted by atomic mass is 16.3. The highest BCUT2D eigenvalue weighted by Gasteiger charge is 2.12. The summed E-state index contributed by atoms with van der Waals surface area (Å²) in [6, 6.07) is 8.78. The molecule has 0 bridgehead atoms. The van der Waals surface area contributed by atoms with Crippen LogP contribution in [0.3, 0.4) is 0 Å². The molecule has 17 heavy (non-hydrogen) atoms. The molecule has 0 radical (unpaired) electrons. The Labute approximate surface area is 106 Å². The highest BCUT2D eigenvalue weighted by Crippen LogP contribution is 2.24. The minimum atomic E-state index is 0.252. The fourth-order valence-electron chi connectivity index (χ4n) is 2.28. The van der Waals surface area contributed by atoms with E-state index in [1.54, 1.807) is 0 Å². The second kappa shape index (κ2) is 6.80. The van der Waals surface area contributed by atoms with E-state index in [0.29, 0.717) is 17.8 Å². The normalized spacial score (nSPS) is 13.4. The molecular formula is C16H26O. The summed E-state index contributed by atoms with van der Waals surface area (Å²) in [5.41, 5.74) is 2.67. The van der Waals surface area contributed by atoms with Crippen LogP contribution in [0.2, 0.25) is 0 Å². The van der Waals surface area contributed by atoms with Gasteiger partial charge in [-0.2, -0.15) is 0 Å². The molecule has 1 rings (SSSR count). The first kappa shape index (κ1) is 14.2. The van der Waals surface area contributed by atoms with Crippen LogP contribution < -0.4 is 0 Å². The lowest BCUT2D eigenvalue weighted by Gasteiger charge is -2.17. The van der Waals surface area contributed by atoms with Crippen LogP contribution in [-0.2, 0) is 6.42 Å². The van der Waals surface area contributed by atoms with E-state index in [1.807, 2.05) is 0 Å². The molecule has 1 atom stereocenters. The van der Waals surface area contributed by atoms with Crippen molar-refractivity contribution in [2.45, 2.75) is 46.5 Å². The van der Waals surface area contributed by atoms with Gasteiger partial charge in [0.25, 0.3) is 0 Å². The maximum atomic E-state index is 9.44. The smallest absolute Gasteiger partial charge is 0.0499 e. The first-order valence-corrected chi connectivity index (χ1v) is 6.72. The minimum Gasteiger partial charge on any atom is -0.396 e. The van der Waals surface area contributed by atoms with E-state index in [4.69, 9.17) is 0 Å². The first-order chi connectivity index (χ1) is 8.02. The van der Waals surface area contributed by atoms with Crippen LogP contribution in [0.15, 0.2) is 24.3 Å². The van der Waals surface area contributed by atoms with Gasteiger partial charge < -0.3 is 5.11 Å². The lowest BCUT2D eigenvalue weighted by molar-refractivity contribution is 0.249.